The highest BCUT2D eigenvalue weighted by Crippen LogP contribution is 2.33. The van der Waals surface area contributed by atoms with Crippen LogP contribution in [0.5, 0.6) is 0 Å². The summed E-state index contributed by atoms with van der Waals surface area (Å²) in [6.07, 6.45) is 2.04. The van der Waals surface area contributed by atoms with E-state index in [-0.39, 0.29) is 30.0 Å². The second-order valence-corrected chi connectivity index (χ2v) is 5.52. The van der Waals surface area contributed by atoms with Crippen LogP contribution in [0, 0.1) is 5.92 Å². The van der Waals surface area contributed by atoms with Gasteiger partial charge in [0.05, 0.1) is 13.7 Å². The summed E-state index contributed by atoms with van der Waals surface area (Å²) in [7, 11) is 1.37. The summed E-state index contributed by atoms with van der Waals surface area (Å²) in [5.74, 6) is -0.0620. The Kier molecular flexibility index (Phi) is 4.51. The largest absolute Gasteiger partial charge is 0.468 e. The lowest BCUT2D eigenvalue weighted by molar-refractivity contribution is -0.143. The molecule has 0 heterocycles. The zero-order valence-corrected chi connectivity index (χ0v) is 11.0. The van der Waals surface area contributed by atoms with Gasteiger partial charge in [0.1, 0.15) is 6.04 Å². The molecule has 0 aromatic heterocycles. The summed E-state index contributed by atoms with van der Waals surface area (Å²) in [6, 6.07) is -0.342. The molecule has 2 N–H and O–H groups in total. The van der Waals surface area contributed by atoms with Crippen LogP contribution in [0.15, 0.2) is 0 Å². The Morgan fingerprint density at radius 1 is 1.35 bits per heavy atom. The normalized spacial score (nSPS) is 17.4. The van der Waals surface area contributed by atoms with Crippen molar-refractivity contribution >= 4 is 11.9 Å². The van der Waals surface area contributed by atoms with Crippen molar-refractivity contribution in [2.45, 2.75) is 45.2 Å². The van der Waals surface area contributed by atoms with Gasteiger partial charge in [-0.3, -0.25) is 14.9 Å². The molecule has 1 unspecified atom stereocenters. The molecule has 1 aliphatic carbocycles. The van der Waals surface area contributed by atoms with E-state index in [9.17, 15) is 9.59 Å². The fraction of sp³-hybridized carbons (Fsp3) is 0.833. The van der Waals surface area contributed by atoms with Gasteiger partial charge >= 0.3 is 5.97 Å². The predicted octanol–water partition coefficient (Wildman–Crippen LogP) is 0.442. The molecule has 5 nitrogen and oxygen atoms in total. The van der Waals surface area contributed by atoms with Gasteiger partial charge in [-0.2, -0.15) is 0 Å². The molecular formula is C12H22N2O3. The van der Waals surface area contributed by atoms with Crippen molar-refractivity contribution in [2.75, 3.05) is 13.7 Å². The van der Waals surface area contributed by atoms with Crippen LogP contribution in [0.4, 0.5) is 0 Å². The topological polar surface area (TPSA) is 67.4 Å². The van der Waals surface area contributed by atoms with E-state index in [1.54, 1.807) is 0 Å². The van der Waals surface area contributed by atoms with Crippen molar-refractivity contribution in [3.05, 3.63) is 0 Å². The summed E-state index contributed by atoms with van der Waals surface area (Å²) >= 11 is 0. The van der Waals surface area contributed by atoms with Crippen LogP contribution < -0.4 is 10.6 Å². The Morgan fingerprint density at radius 2 is 1.94 bits per heavy atom. The maximum atomic E-state index is 11.6. The van der Waals surface area contributed by atoms with Gasteiger partial charge in [-0.1, -0.05) is 0 Å². The standard InChI is InChI=1S/C12H22N2O3/c1-12(2,3)14-9(15)7-13-10(8-5-6-8)11(16)17-4/h8,10,13H,5-7H2,1-4H3,(H,14,15). The monoisotopic (exact) mass is 242 g/mol. The van der Waals surface area contributed by atoms with Gasteiger partial charge in [-0.25, -0.2) is 0 Å². The Bertz CT molecular complexity index is 293. The van der Waals surface area contributed by atoms with Crippen molar-refractivity contribution in [3.63, 3.8) is 0 Å². The smallest absolute Gasteiger partial charge is 0.323 e. The molecule has 1 fully saturated rings. The first kappa shape index (κ1) is 14.0. The molecule has 0 spiro atoms. The van der Waals surface area contributed by atoms with E-state index in [0.29, 0.717) is 5.92 Å². The van der Waals surface area contributed by atoms with E-state index in [1.807, 2.05) is 20.8 Å². The van der Waals surface area contributed by atoms with E-state index >= 15 is 0 Å². The van der Waals surface area contributed by atoms with E-state index in [4.69, 9.17) is 4.74 Å². The molecule has 17 heavy (non-hydrogen) atoms. The lowest BCUT2D eigenvalue weighted by Gasteiger charge is -2.22. The molecule has 1 amide bonds. The van der Waals surface area contributed by atoms with Crippen molar-refractivity contribution in [2.24, 2.45) is 5.92 Å². The van der Waals surface area contributed by atoms with Crippen LogP contribution in [0.25, 0.3) is 0 Å². The third kappa shape index (κ3) is 5.17. The van der Waals surface area contributed by atoms with Gasteiger partial charge in [0.25, 0.3) is 0 Å². The summed E-state index contributed by atoms with van der Waals surface area (Å²) in [5, 5.41) is 5.81. The van der Waals surface area contributed by atoms with Crippen molar-refractivity contribution in [3.8, 4) is 0 Å². The zero-order chi connectivity index (χ0) is 13.1. The Hall–Kier alpha value is -1.10. The second kappa shape index (κ2) is 5.49. The van der Waals surface area contributed by atoms with Crippen LogP contribution in [-0.2, 0) is 14.3 Å². The van der Waals surface area contributed by atoms with Gasteiger partial charge < -0.3 is 10.1 Å². The molecular weight excluding hydrogens is 220 g/mol. The summed E-state index contributed by atoms with van der Waals surface area (Å²) in [6.45, 7) is 5.91. The molecule has 0 aromatic carbocycles. The Balaban J connectivity index is 2.36. The fourth-order valence-corrected chi connectivity index (χ4v) is 1.66. The Labute approximate surface area is 102 Å². The molecule has 0 saturated heterocycles. The highest BCUT2D eigenvalue weighted by Gasteiger charge is 2.36. The van der Waals surface area contributed by atoms with Crippen LogP contribution in [0.1, 0.15) is 33.6 Å². The molecule has 0 bridgehead atoms. The van der Waals surface area contributed by atoms with Gasteiger partial charge in [-0.05, 0) is 39.5 Å². The summed E-state index contributed by atoms with van der Waals surface area (Å²) in [4.78, 5) is 23.1. The number of carbonyl (C=O) groups excluding carboxylic acids is 2. The number of rotatable bonds is 5. The first-order valence-electron chi connectivity index (χ1n) is 5.95. The molecule has 0 aromatic rings. The molecule has 1 rings (SSSR count). The lowest BCUT2D eigenvalue weighted by Crippen LogP contribution is -2.49. The highest BCUT2D eigenvalue weighted by atomic mass is 16.5. The maximum Gasteiger partial charge on any atom is 0.323 e. The van der Waals surface area contributed by atoms with Crippen LogP contribution in [0.3, 0.4) is 0 Å². The number of methoxy groups -OCH3 is 1. The Morgan fingerprint density at radius 3 is 2.35 bits per heavy atom. The van der Waals surface area contributed by atoms with Crippen LogP contribution in [0.2, 0.25) is 0 Å². The molecule has 0 radical (unpaired) electrons. The second-order valence-electron chi connectivity index (χ2n) is 5.52. The SMILES string of the molecule is COC(=O)C(NCC(=O)NC(C)(C)C)C1CC1. The average Bonchev–Trinajstić information content (AvgIpc) is 2.98. The molecule has 98 valence electrons. The first-order chi connectivity index (χ1) is 7.83. The number of esters is 1. The van der Waals surface area contributed by atoms with E-state index in [0.717, 1.165) is 12.8 Å². The highest BCUT2D eigenvalue weighted by molar-refractivity contribution is 5.81. The minimum absolute atomic E-state index is 0.105. The van der Waals surface area contributed by atoms with E-state index in [2.05, 4.69) is 10.6 Å². The van der Waals surface area contributed by atoms with Gasteiger partial charge in [0.15, 0.2) is 0 Å². The number of ether oxygens (including phenoxy) is 1. The van der Waals surface area contributed by atoms with Gasteiger partial charge in [0.2, 0.25) is 5.91 Å². The maximum absolute atomic E-state index is 11.6. The average molecular weight is 242 g/mol. The van der Waals surface area contributed by atoms with Crippen molar-refractivity contribution in [1.29, 1.82) is 0 Å². The van der Waals surface area contributed by atoms with Crippen molar-refractivity contribution in [1.82, 2.24) is 10.6 Å². The predicted molar refractivity (Wildman–Crippen MR) is 64.4 cm³/mol. The van der Waals surface area contributed by atoms with E-state index < -0.39 is 0 Å². The third-order valence-electron chi connectivity index (χ3n) is 2.55. The van der Waals surface area contributed by atoms with Gasteiger partial charge in [-0.15, -0.1) is 0 Å². The minimum atomic E-state index is -0.342. The number of nitrogens with one attached hydrogen (secondary N) is 2. The quantitative estimate of drug-likeness (QED) is 0.687. The van der Waals surface area contributed by atoms with E-state index in [1.165, 1.54) is 7.11 Å². The van der Waals surface area contributed by atoms with Crippen LogP contribution >= 0.6 is 0 Å². The molecule has 1 atom stereocenters. The number of carbonyl (C=O) groups is 2. The van der Waals surface area contributed by atoms with Crippen molar-refractivity contribution < 1.29 is 14.3 Å². The van der Waals surface area contributed by atoms with Gasteiger partial charge in [0, 0.05) is 5.54 Å². The first-order valence-corrected chi connectivity index (χ1v) is 5.95. The number of hydrogen-bond acceptors (Lipinski definition) is 4. The number of amides is 1. The zero-order valence-electron chi connectivity index (χ0n) is 11.0. The lowest BCUT2D eigenvalue weighted by atomic mass is 10.1. The van der Waals surface area contributed by atoms with Crippen LogP contribution in [-0.4, -0.2) is 37.1 Å². The molecule has 5 heteroatoms. The third-order valence-corrected chi connectivity index (χ3v) is 2.55. The fourth-order valence-electron chi connectivity index (χ4n) is 1.66. The molecule has 0 aliphatic heterocycles. The molecule has 1 aliphatic rings. The molecule has 1 saturated carbocycles. The summed E-state index contributed by atoms with van der Waals surface area (Å²) < 4.78 is 4.71. The summed E-state index contributed by atoms with van der Waals surface area (Å²) in [5.41, 5.74) is -0.251. The minimum Gasteiger partial charge on any atom is -0.468 e. The number of hydrogen-bond donors (Lipinski definition) is 2.